The molecule has 1 rings (SSSR count). The average molecular weight is 160 g/mol. The monoisotopic (exact) mass is 160 g/mol. The molecule has 0 radical (unpaired) electrons. The van der Waals surface area contributed by atoms with Crippen molar-refractivity contribution in [2.24, 2.45) is 0 Å². The van der Waals surface area contributed by atoms with E-state index in [0.717, 1.165) is 6.42 Å². The van der Waals surface area contributed by atoms with E-state index in [1.807, 2.05) is 0 Å². The zero-order valence-corrected chi connectivity index (χ0v) is 6.73. The van der Waals surface area contributed by atoms with E-state index in [4.69, 9.17) is 0 Å². The molecule has 3 heteroatoms. The third-order valence-electron chi connectivity index (χ3n) is 2.02. The highest BCUT2D eigenvalue weighted by Gasteiger charge is 2.39. The van der Waals surface area contributed by atoms with Crippen LogP contribution in [0.2, 0.25) is 0 Å². The largest absolute Gasteiger partial charge is 0.466 e. The van der Waals surface area contributed by atoms with Crippen LogP contribution in [0.4, 0.5) is 4.39 Å². The maximum absolute atomic E-state index is 13.2. The summed E-state index contributed by atoms with van der Waals surface area (Å²) < 4.78 is 17.8. The van der Waals surface area contributed by atoms with Gasteiger partial charge < -0.3 is 4.74 Å². The third-order valence-corrected chi connectivity index (χ3v) is 2.02. The van der Waals surface area contributed by atoms with E-state index >= 15 is 0 Å². The van der Waals surface area contributed by atoms with Gasteiger partial charge in [0.2, 0.25) is 0 Å². The van der Waals surface area contributed by atoms with Gasteiger partial charge in [0.05, 0.1) is 13.0 Å². The molecule has 0 saturated heterocycles. The number of halogens is 1. The molecule has 0 atom stereocenters. The Morgan fingerprint density at radius 2 is 2.27 bits per heavy atom. The summed E-state index contributed by atoms with van der Waals surface area (Å²) in [6, 6.07) is 0. The van der Waals surface area contributed by atoms with Crippen molar-refractivity contribution < 1.29 is 13.9 Å². The number of carbonyl (C=O) groups is 1. The van der Waals surface area contributed by atoms with Gasteiger partial charge in [0, 0.05) is 0 Å². The highest BCUT2D eigenvalue weighted by atomic mass is 19.1. The van der Waals surface area contributed by atoms with E-state index in [-0.39, 0.29) is 6.42 Å². The fraction of sp³-hybridized carbons (Fsp3) is 0.875. The van der Waals surface area contributed by atoms with Crippen LogP contribution in [0.1, 0.15) is 32.6 Å². The minimum atomic E-state index is -1.23. The van der Waals surface area contributed by atoms with Crippen LogP contribution >= 0.6 is 0 Å². The fourth-order valence-corrected chi connectivity index (χ4v) is 1.21. The van der Waals surface area contributed by atoms with Gasteiger partial charge in [-0.05, 0) is 26.2 Å². The SMILES string of the molecule is CCOC(=O)CC1(F)CCC1. The van der Waals surface area contributed by atoms with Crippen LogP contribution in [0, 0.1) is 0 Å². The molecule has 0 N–H and O–H groups in total. The topological polar surface area (TPSA) is 26.3 Å². The highest BCUT2D eigenvalue weighted by molar-refractivity contribution is 5.70. The summed E-state index contributed by atoms with van der Waals surface area (Å²) in [5.74, 6) is -0.408. The minimum absolute atomic E-state index is 0.0547. The highest BCUT2D eigenvalue weighted by Crippen LogP contribution is 2.38. The van der Waals surface area contributed by atoms with Crippen LogP contribution in [0.15, 0.2) is 0 Å². The van der Waals surface area contributed by atoms with Crippen molar-refractivity contribution in [3.05, 3.63) is 0 Å². The van der Waals surface area contributed by atoms with E-state index < -0.39 is 11.6 Å². The molecule has 1 aliphatic carbocycles. The molecule has 64 valence electrons. The molecule has 0 bridgehead atoms. The Hall–Kier alpha value is -0.600. The quantitative estimate of drug-likeness (QED) is 0.589. The molecule has 0 heterocycles. The molecule has 0 amide bonds. The van der Waals surface area contributed by atoms with Crippen LogP contribution < -0.4 is 0 Å². The number of esters is 1. The summed E-state index contributed by atoms with van der Waals surface area (Å²) in [4.78, 5) is 10.8. The predicted octanol–water partition coefficient (Wildman–Crippen LogP) is 1.83. The molecular weight excluding hydrogens is 147 g/mol. The third kappa shape index (κ3) is 2.17. The van der Waals surface area contributed by atoms with Gasteiger partial charge in [-0.1, -0.05) is 0 Å². The average Bonchev–Trinajstić information content (AvgIpc) is 1.85. The summed E-state index contributed by atoms with van der Waals surface area (Å²) in [5.41, 5.74) is -1.23. The van der Waals surface area contributed by atoms with E-state index in [9.17, 15) is 9.18 Å². The van der Waals surface area contributed by atoms with Crippen LogP contribution in [-0.2, 0) is 9.53 Å². The molecule has 1 saturated carbocycles. The maximum Gasteiger partial charge on any atom is 0.309 e. The molecule has 1 aliphatic rings. The Labute approximate surface area is 65.7 Å². The second-order valence-electron chi connectivity index (χ2n) is 2.99. The van der Waals surface area contributed by atoms with E-state index in [0.29, 0.717) is 19.4 Å². The van der Waals surface area contributed by atoms with Gasteiger partial charge in [0.1, 0.15) is 5.67 Å². The maximum atomic E-state index is 13.2. The summed E-state index contributed by atoms with van der Waals surface area (Å²) in [5, 5.41) is 0. The van der Waals surface area contributed by atoms with Gasteiger partial charge in [0.25, 0.3) is 0 Å². The Morgan fingerprint density at radius 1 is 1.64 bits per heavy atom. The molecule has 2 nitrogen and oxygen atoms in total. The van der Waals surface area contributed by atoms with E-state index in [1.54, 1.807) is 6.92 Å². The molecule has 1 fully saturated rings. The molecule has 0 aromatic rings. The molecule has 0 aromatic heterocycles. The van der Waals surface area contributed by atoms with Crippen LogP contribution in [0.3, 0.4) is 0 Å². The van der Waals surface area contributed by atoms with E-state index in [2.05, 4.69) is 4.74 Å². The first-order chi connectivity index (χ1) is 5.16. The molecule has 0 spiro atoms. The van der Waals surface area contributed by atoms with Gasteiger partial charge in [-0.15, -0.1) is 0 Å². The van der Waals surface area contributed by atoms with E-state index in [1.165, 1.54) is 0 Å². The normalized spacial score (nSPS) is 20.5. The van der Waals surface area contributed by atoms with Crippen LogP contribution in [0.25, 0.3) is 0 Å². The lowest BCUT2D eigenvalue weighted by Gasteiger charge is -2.32. The second kappa shape index (κ2) is 3.20. The van der Waals surface area contributed by atoms with Crippen molar-refractivity contribution >= 4 is 5.97 Å². The van der Waals surface area contributed by atoms with Crippen LogP contribution in [0.5, 0.6) is 0 Å². The minimum Gasteiger partial charge on any atom is -0.466 e. The van der Waals surface area contributed by atoms with Gasteiger partial charge in [-0.3, -0.25) is 4.79 Å². The predicted molar refractivity (Wildman–Crippen MR) is 38.9 cm³/mol. The van der Waals surface area contributed by atoms with Gasteiger partial charge in [-0.25, -0.2) is 4.39 Å². The van der Waals surface area contributed by atoms with Gasteiger partial charge >= 0.3 is 5.97 Å². The van der Waals surface area contributed by atoms with Crippen molar-refractivity contribution in [1.82, 2.24) is 0 Å². The number of hydrogen-bond donors (Lipinski definition) is 0. The first-order valence-corrected chi connectivity index (χ1v) is 4.01. The Bertz CT molecular complexity index is 152. The summed E-state index contributed by atoms with van der Waals surface area (Å²) in [6.07, 6.45) is 1.88. The number of hydrogen-bond acceptors (Lipinski definition) is 2. The zero-order chi connectivity index (χ0) is 8.32. The number of ether oxygens (including phenoxy) is 1. The number of rotatable bonds is 3. The summed E-state index contributed by atoms with van der Waals surface area (Å²) in [7, 11) is 0. The second-order valence-corrected chi connectivity index (χ2v) is 2.99. The molecule has 0 aromatic carbocycles. The molecule has 0 aliphatic heterocycles. The summed E-state index contributed by atoms with van der Waals surface area (Å²) >= 11 is 0. The Morgan fingerprint density at radius 3 is 2.64 bits per heavy atom. The number of alkyl halides is 1. The van der Waals surface area contributed by atoms with Gasteiger partial charge in [0.15, 0.2) is 0 Å². The number of carbonyl (C=O) groups excluding carboxylic acids is 1. The van der Waals surface area contributed by atoms with Crippen molar-refractivity contribution in [3.63, 3.8) is 0 Å². The molecule has 0 unspecified atom stereocenters. The van der Waals surface area contributed by atoms with Gasteiger partial charge in [-0.2, -0.15) is 0 Å². The first kappa shape index (κ1) is 8.50. The molecule has 11 heavy (non-hydrogen) atoms. The fourth-order valence-electron chi connectivity index (χ4n) is 1.21. The molecular formula is C8H13FO2. The Balaban J connectivity index is 2.23. The van der Waals surface area contributed by atoms with Crippen molar-refractivity contribution in [2.45, 2.75) is 38.3 Å². The standard InChI is InChI=1S/C8H13FO2/c1-2-11-7(10)6-8(9)4-3-5-8/h2-6H2,1H3. The Kier molecular flexibility index (Phi) is 2.47. The first-order valence-electron chi connectivity index (χ1n) is 4.01. The lowest BCUT2D eigenvalue weighted by molar-refractivity contribution is -0.148. The van der Waals surface area contributed by atoms with Crippen molar-refractivity contribution in [3.8, 4) is 0 Å². The summed E-state index contributed by atoms with van der Waals surface area (Å²) in [6.45, 7) is 2.07. The van der Waals surface area contributed by atoms with Crippen molar-refractivity contribution in [1.29, 1.82) is 0 Å². The zero-order valence-electron chi connectivity index (χ0n) is 6.73. The smallest absolute Gasteiger partial charge is 0.309 e. The van der Waals surface area contributed by atoms with Crippen molar-refractivity contribution in [2.75, 3.05) is 6.61 Å². The van der Waals surface area contributed by atoms with Crippen LogP contribution in [-0.4, -0.2) is 18.2 Å². The lowest BCUT2D eigenvalue weighted by Crippen LogP contribution is -2.34. The lowest BCUT2D eigenvalue weighted by atomic mass is 9.80.